The van der Waals surface area contributed by atoms with Gasteiger partial charge >= 0.3 is 0 Å². The molecule has 30 heavy (non-hydrogen) atoms. The number of aliphatic hydroxyl groups is 1. The van der Waals surface area contributed by atoms with E-state index in [4.69, 9.17) is 14.7 Å². The summed E-state index contributed by atoms with van der Waals surface area (Å²) in [5, 5.41) is 21.1. The number of benzene rings is 1. The summed E-state index contributed by atoms with van der Waals surface area (Å²) in [6.45, 7) is 0.941. The number of nitrogens with one attached hydrogen (secondary N) is 2. The lowest BCUT2D eigenvalue weighted by Crippen LogP contribution is -2.67. The first-order valence-electron chi connectivity index (χ1n) is 9.93. The minimum absolute atomic E-state index is 0.0660. The molecule has 4 N–H and O–H groups in total. The van der Waals surface area contributed by atoms with Crippen molar-refractivity contribution in [2.45, 2.75) is 42.8 Å². The number of hydrogen-bond donors (Lipinski definition) is 4. The number of rotatable bonds is 7. The van der Waals surface area contributed by atoms with E-state index in [1.165, 1.54) is 9.79 Å². The Morgan fingerprint density at radius 2 is 2.00 bits per heavy atom. The Bertz CT molecular complexity index is 842. The summed E-state index contributed by atoms with van der Waals surface area (Å²) in [5.41, 5.74) is 0.0748. The minimum Gasteiger partial charge on any atom is -0.496 e. The zero-order valence-electron chi connectivity index (χ0n) is 16.9. The zero-order chi connectivity index (χ0) is 21.8. The van der Waals surface area contributed by atoms with Gasteiger partial charge in [0, 0.05) is 25.2 Å². The summed E-state index contributed by atoms with van der Waals surface area (Å²) in [4.78, 5) is 12.0. The molecule has 2 saturated heterocycles. The lowest BCUT2D eigenvalue weighted by atomic mass is 9.93. The highest BCUT2D eigenvalue weighted by Gasteiger charge is 2.54. The quantitative estimate of drug-likeness (QED) is 0.330. The number of carbonyl (C=O) groups is 1. The minimum atomic E-state index is -3.95. The monoisotopic (exact) mass is 443 g/mol. The third-order valence-corrected chi connectivity index (χ3v) is 8.22. The number of amides is 1. The number of β-amino-alcohol motifs (C(OH)–C–C–N with tert-alkyl or cyclic N) is 1. The second kappa shape index (κ2) is 9.58. The summed E-state index contributed by atoms with van der Waals surface area (Å²) in [6, 6.07) is 7.56. The van der Waals surface area contributed by atoms with Crippen LogP contribution in [0.5, 0.6) is 5.75 Å². The van der Waals surface area contributed by atoms with Gasteiger partial charge in [-0.2, -0.15) is 0 Å². The van der Waals surface area contributed by atoms with Crippen LogP contribution in [0.15, 0.2) is 24.3 Å². The largest absolute Gasteiger partial charge is 0.496 e. The molecule has 11 heteroatoms. The van der Waals surface area contributed by atoms with E-state index in [2.05, 4.69) is 5.32 Å². The van der Waals surface area contributed by atoms with Gasteiger partial charge in [-0.15, -0.1) is 0 Å². The molecule has 1 aromatic rings. The summed E-state index contributed by atoms with van der Waals surface area (Å²) < 4.78 is 38.9. The third-order valence-electron chi connectivity index (χ3n) is 5.79. The molecule has 2 aliphatic rings. The van der Waals surface area contributed by atoms with Crippen LogP contribution in [-0.4, -0.2) is 79.2 Å². The van der Waals surface area contributed by atoms with Crippen molar-refractivity contribution in [1.82, 2.24) is 15.1 Å². The Hall–Kier alpha value is -1.76. The molecule has 2 unspecified atom stereocenters. The van der Waals surface area contributed by atoms with Crippen LogP contribution in [0.2, 0.25) is 0 Å². The van der Waals surface area contributed by atoms with Crippen molar-refractivity contribution in [2.75, 3.05) is 33.3 Å². The topological polar surface area (TPSA) is 137 Å². The highest BCUT2D eigenvalue weighted by Crippen LogP contribution is 2.30. The molecule has 10 nitrogen and oxygen atoms in total. The Morgan fingerprint density at radius 3 is 2.67 bits per heavy atom. The van der Waals surface area contributed by atoms with Crippen LogP contribution in [0.25, 0.3) is 0 Å². The van der Waals surface area contributed by atoms with Gasteiger partial charge in [-0.1, -0.05) is 18.2 Å². The zero-order valence-corrected chi connectivity index (χ0v) is 17.7. The highest BCUT2D eigenvalue weighted by atomic mass is 32.2. The number of hydrogen-bond acceptors (Lipinski definition) is 8. The van der Waals surface area contributed by atoms with Crippen molar-refractivity contribution < 1.29 is 33.0 Å². The molecule has 168 valence electrons. The van der Waals surface area contributed by atoms with Crippen LogP contribution in [0, 0.1) is 0 Å². The molecule has 2 heterocycles. The molecule has 0 spiro atoms. The predicted octanol–water partition coefficient (Wildman–Crippen LogP) is -0.396. The normalized spacial score (nSPS) is 26.3. The molecular weight excluding hydrogens is 414 g/mol. The van der Waals surface area contributed by atoms with E-state index in [1.54, 1.807) is 7.11 Å². The summed E-state index contributed by atoms with van der Waals surface area (Å²) >= 11 is 0. The lowest BCUT2D eigenvalue weighted by molar-refractivity contribution is -0.150. The van der Waals surface area contributed by atoms with Gasteiger partial charge in [0.25, 0.3) is 5.91 Å². The van der Waals surface area contributed by atoms with Crippen molar-refractivity contribution in [3.63, 3.8) is 0 Å². The highest BCUT2D eigenvalue weighted by molar-refractivity contribution is 7.89. The smallest absolute Gasteiger partial charge is 0.278 e. The molecule has 0 aromatic heterocycles. The molecule has 3 rings (SSSR count). The number of ether oxygens (including phenoxy) is 2. The van der Waals surface area contributed by atoms with Crippen molar-refractivity contribution in [2.24, 2.45) is 0 Å². The first kappa shape index (κ1) is 22.9. The fourth-order valence-electron chi connectivity index (χ4n) is 4.05. The number of methoxy groups -OCH3 is 1. The molecule has 0 bridgehead atoms. The standard InChI is InChI=1S/C19H29N3O7S/c1-28-16-5-3-2-4-14(16)12-29-15-7-10-22(11-8-15)30(26,27)17-6-9-20-13-19(17,24)18(23)21-25/h2-5,15,17,20,24-25H,6-13H2,1H3,(H,21,23). The van der Waals surface area contributed by atoms with Crippen LogP contribution in [0.4, 0.5) is 0 Å². The van der Waals surface area contributed by atoms with E-state index in [-0.39, 0.29) is 32.2 Å². The number of sulfonamides is 1. The van der Waals surface area contributed by atoms with Crippen LogP contribution in [0.1, 0.15) is 24.8 Å². The number of hydroxylamine groups is 1. The van der Waals surface area contributed by atoms with E-state index in [1.807, 2.05) is 24.3 Å². The molecule has 1 amide bonds. The van der Waals surface area contributed by atoms with Gasteiger partial charge in [-0.25, -0.2) is 18.2 Å². The maximum absolute atomic E-state index is 13.2. The second-order valence-electron chi connectivity index (χ2n) is 7.59. The van der Waals surface area contributed by atoms with Gasteiger partial charge in [0.2, 0.25) is 10.0 Å². The summed E-state index contributed by atoms with van der Waals surface area (Å²) in [5.74, 6) is -0.386. The molecule has 2 aliphatic heterocycles. The summed E-state index contributed by atoms with van der Waals surface area (Å²) in [6.07, 6.45) is 0.971. The van der Waals surface area contributed by atoms with Crippen LogP contribution in [0.3, 0.4) is 0 Å². The molecule has 1 aromatic carbocycles. The van der Waals surface area contributed by atoms with E-state index in [0.29, 0.717) is 26.0 Å². The Kier molecular flexibility index (Phi) is 7.32. The third kappa shape index (κ3) is 4.61. The van der Waals surface area contributed by atoms with Gasteiger partial charge < -0.3 is 19.9 Å². The van der Waals surface area contributed by atoms with Crippen LogP contribution < -0.4 is 15.5 Å². The van der Waals surface area contributed by atoms with Crippen LogP contribution in [-0.2, 0) is 26.2 Å². The van der Waals surface area contributed by atoms with Gasteiger partial charge in [-0.05, 0) is 31.9 Å². The SMILES string of the molecule is COc1ccccc1COC1CCN(S(=O)(=O)C2CCNCC2(O)C(=O)NO)CC1. The Labute approximate surface area is 176 Å². The van der Waals surface area contributed by atoms with E-state index < -0.39 is 26.8 Å². The fraction of sp³-hybridized carbons (Fsp3) is 0.632. The molecule has 0 radical (unpaired) electrons. The predicted molar refractivity (Wildman–Crippen MR) is 107 cm³/mol. The first-order chi connectivity index (χ1) is 14.3. The van der Waals surface area contributed by atoms with Crippen LogP contribution >= 0.6 is 0 Å². The average Bonchev–Trinajstić information content (AvgIpc) is 2.77. The Balaban J connectivity index is 1.61. The number of carbonyl (C=O) groups excluding carboxylic acids is 1. The first-order valence-corrected chi connectivity index (χ1v) is 11.4. The maximum Gasteiger partial charge on any atom is 0.278 e. The molecule has 2 fully saturated rings. The van der Waals surface area contributed by atoms with Gasteiger partial charge in [0.05, 0.1) is 19.8 Å². The molecular formula is C19H29N3O7S. The fourth-order valence-corrected chi connectivity index (χ4v) is 6.22. The van der Waals surface area contributed by atoms with E-state index in [0.717, 1.165) is 11.3 Å². The van der Waals surface area contributed by atoms with Crippen molar-refractivity contribution >= 4 is 15.9 Å². The van der Waals surface area contributed by atoms with Crippen molar-refractivity contribution in [3.05, 3.63) is 29.8 Å². The number of nitrogens with zero attached hydrogens (tertiary/aromatic N) is 1. The second-order valence-corrected chi connectivity index (χ2v) is 9.70. The van der Waals surface area contributed by atoms with Gasteiger partial charge in [0.1, 0.15) is 11.0 Å². The van der Waals surface area contributed by atoms with Crippen molar-refractivity contribution in [3.8, 4) is 5.75 Å². The number of para-hydroxylation sites is 1. The maximum atomic E-state index is 13.2. The van der Waals surface area contributed by atoms with E-state index in [9.17, 15) is 18.3 Å². The molecule has 2 atom stereocenters. The summed E-state index contributed by atoms with van der Waals surface area (Å²) in [7, 11) is -2.35. The molecule has 0 aliphatic carbocycles. The average molecular weight is 444 g/mol. The molecule has 0 saturated carbocycles. The van der Waals surface area contributed by atoms with Crippen molar-refractivity contribution in [1.29, 1.82) is 0 Å². The van der Waals surface area contributed by atoms with Gasteiger partial charge in [0.15, 0.2) is 5.60 Å². The van der Waals surface area contributed by atoms with E-state index >= 15 is 0 Å². The van der Waals surface area contributed by atoms with Gasteiger partial charge in [-0.3, -0.25) is 10.0 Å². The lowest BCUT2D eigenvalue weighted by Gasteiger charge is -2.41. The Morgan fingerprint density at radius 1 is 1.30 bits per heavy atom. The number of piperidine rings is 2.